The SMILES string of the molecule is CCCN1C(=O)COc2ccc(C(=O)C(C)Sc3nc4scc(-c5ccccc5)c4c(=O)[nH]3)cc21. The van der Waals surface area contributed by atoms with Crippen LogP contribution in [-0.4, -0.2) is 40.1 Å². The molecule has 35 heavy (non-hydrogen) atoms. The summed E-state index contributed by atoms with van der Waals surface area (Å²) in [6, 6.07) is 14.9. The fourth-order valence-electron chi connectivity index (χ4n) is 4.10. The monoisotopic (exact) mass is 505 g/mol. The van der Waals surface area contributed by atoms with Crippen molar-refractivity contribution in [2.24, 2.45) is 0 Å². The molecular weight excluding hydrogens is 482 g/mol. The van der Waals surface area contributed by atoms with E-state index in [9.17, 15) is 14.4 Å². The van der Waals surface area contributed by atoms with E-state index in [1.165, 1.54) is 23.1 Å². The molecule has 0 bridgehead atoms. The molecule has 0 saturated carbocycles. The fraction of sp³-hybridized carbons (Fsp3) is 0.231. The number of carbonyl (C=O) groups excluding carboxylic acids is 2. The zero-order valence-corrected chi connectivity index (χ0v) is 20.9. The van der Waals surface area contributed by atoms with Gasteiger partial charge in [-0.2, -0.15) is 0 Å². The largest absolute Gasteiger partial charge is 0.482 e. The van der Waals surface area contributed by atoms with E-state index in [2.05, 4.69) is 9.97 Å². The van der Waals surface area contributed by atoms with Gasteiger partial charge in [-0.15, -0.1) is 11.3 Å². The lowest BCUT2D eigenvalue weighted by Gasteiger charge is -2.29. The Morgan fingerprint density at radius 1 is 1.23 bits per heavy atom. The predicted octanol–water partition coefficient (Wildman–Crippen LogP) is 5.15. The molecular formula is C26H23N3O4S2. The number of fused-ring (bicyclic) bond motifs is 2. The Kier molecular flexibility index (Phi) is 6.44. The van der Waals surface area contributed by atoms with Crippen molar-refractivity contribution in [3.8, 4) is 16.9 Å². The normalized spacial score (nSPS) is 14.0. The number of Topliss-reactive ketones (excluding diaryl/α,β-unsaturated/α-hetero) is 1. The minimum atomic E-state index is -0.498. The molecule has 0 saturated heterocycles. The summed E-state index contributed by atoms with van der Waals surface area (Å²) >= 11 is 2.62. The zero-order chi connectivity index (χ0) is 24.5. The molecule has 1 amide bonds. The quantitative estimate of drug-likeness (QED) is 0.212. The van der Waals surface area contributed by atoms with E-state index in [1.54, 1.807) is 30.0 Å². The number of hydrogen-bond acceptors (Lipinski definition) is 7. The number of anilines is 1. The van der Waals surface area contributed by atoms with Gasteiger partial charge in [-0.25, -0.2) is 4.98 Å². The number of thiophene rings is 1. The number of ether oxygens (including phenoxy) is 1. The maximum absolute atomic E-state index is 13.2. The number of benzene rings is 2. The van der Waals surface area contributed by atoms with Crippen LogP contribution in [0.3, 0.4) is 0 Å². The molecule has 3 heterocycles. The first-order valence-electron chi connectivity index (χ1n) is 11.3. The molecule has 0 fully saturated rings. The van der Waals surface area contributed by atoms with Crippen LogP contribution in [-0.2, 0) is 4.79 Å². The number of nitrogens with one attached hydrogen (secondary N) is 1. The Balaban J connectivity index is 1.40. The average Bonchev–Trinajstić information content (AvgIpc) is 3.30. The molecule has 178 valence electrons. The number of carbonyl (C=O) groups is 2. The highest BCUT2D eigenvalue weighted by Crippen LogP contribution is 2.35. The maximum Gasteiger partial charge on any atom is 0.265 e. The number of rotatable bonds is 7. The summed E-state index contributed by atoms with van der Waals surface area (Å²) in [5.41, 5.74) is 2.68. The van der Waals surface area contributed by atoms with Gasteiger partial charge in [-0.05, 0) is 37.1 Å². The molecule has 0 radical (unpaired) electrons. The summed E-state index contributed by atoms with van der Waals surface area (Å²) in [7, 11) is 0. The Morgan fingerprint density at radius 3 is 2.80 bits per heavy atom. The lowest BCUT2D eigenvalue weighted by molar-refractivity contribution is -0.121. The van der Waals surface area contributed by atoms with Crippen LogP contribution >= 0.6 is 23.1 Å². The summed E-state index contributed by atoms with van der Waals surface area (Å²) < 4.78 is 5.53. The second kappa shape index (κ2) is 9.67. The van der Waals surface area contributed by atoms with Gasteiger partial charge in [0.25, 0.3) is 11.5 Å². The Hall–Kier alpha value is -3.43. The van der Waals surface area contributed by atoms with Crippen molar-refractivity contribution in [2.75, 3.05) is 18.1 Å². The summed E-state index contributed by atoms with van der Waals surface area (Å²) in [6.07, 6.45) is 0.797. The van der Waals surface area contributed by atoms with Crippen LogP contribution in [0.2, 0.25) is 0 Å². The fourth-order valence-corrected chi connectivity index (χ4v) is 5.97. The number of H-pyrrole nitrogens is 1. The number of hydrogen-bond donors (Lipinski definition) is 1. The van der Waals surface area contributed by atoms with Crippen molar-refractivity contribution < 1.29 is 14.3 Å². The standard InChI is InChI=1S/C26H23N3O4S2/c1-3-11-29-19-12-17(9-10-20(19)33-13-21(29)30)23(31)15(2)35-26-27-24(32)22-18(14-34-25(22)28-26)16-7-5-4-6-8-16/h4-10,12,14-15H,3,11,13H2,1-2H3,(H,27,28,32). The van der Waals surface area contributed by atoms with E-state index in [1.807, 2.05) is 42.6 Å². The van der Waals surface area contributed by atoms with E-state index in [0.29, 0.717) is 38.9 Å². The van der Waals surface area contributed by atoms with Crippen LogP contribution in [0.1, 0.15) is 30.6 Å². The molecule has 4 aromatic rings. The smallest absolute Gasteiger partial charge is 0.265 e. The van der Waals surface area contributed by atoms with E-state index < -0.39 is 5.25 Å². The lowest BCUT2D eigenvalue weighted by Crippen LogP contribution is -2.39. The van der Waals surface area contributed by atoms with Crippen LogP contribution in [0.4, 0.5) is 5.69 Å². The molecule has 1 atom stereocenters. The molecule has 7 nitrogen and oxygen atoms in total. The molecule has 0 spiro atoms. The molecule has 9 heteroatoms. The number of ketones is 1. The van der Waals surface area contributed by atoms with Gasteiger partial charge in [0.15, 0.2) is 17.5 Å². The lowest BCUT2D eigenvalue weighted by atomic mass is 10.1. The van der Waals surface area contributed by atoms with Gasteiger partial charge in [0.2, 0.25) is 0 Å². The minimum Gasteiger partial charge on any atom is -0.482 e. The summed E-state index contributed by atoms with van der Waals surface area (Å²) in [4.78, 5) is 48.2. The average molecular weight is 506 g/mol. The Morgan fingerprint density at radius 2 is 2.03 bits per heavy atom. The second-order valence-corrected chi connectivity index (χ2v) is 10.4. The van der Waals surface area contributed by atoms with Crippen LogP contribution in [0.15, 0.2) is 63.9 Å². The minimum absolute atomic E-state index is 0.00274. The summed E-state index contributed by atoms with van der Waals surface area (Å²) in [5, 5.41) is 2.39. The molecule has 1 unspecified atom stereocenters. The molecule has 0 aliphatic carbocycles. The van der Waals surface area contributed by atoms with Crippen molar-refractivity contribution in [3.05, 3.63) is 69.8 Å². The summed E-state index contributed by atoms with van der Waals surface area (Å²) in [6.45, 7) is 4.35. The van der Waals surface area contributed by atoms with Crippen LogP contribution in [0, 0.1) is 0 Å². The number of aromatic nitrogens is 2. The molecule has 2 aromatic carbocycles. The van der Waals surface area contributed by atoms with Crippen LogP contribution in [0.25, 0.3) is 21.3 Å². The molecule has 2 aromatic heterocycles. The zero-order valence-electron chi connectivity index (χ0n) is 19.2. The van der Waals surface area contributed by atoms with Crippen LogP contribution < -0.4 is 15.2 Å². The van der Waals surface area contributed by atoms with E-state index in [-0.39, 0.29) is 23.9 Å². The third-order valence-corrected chi connectivity index (χ3v) is 7.65. The highest BCUT2D eigenvalue weighted by atomic mass is 32.2. The Bertz CT molecular complexity index is 1480. The highest BCUT2D eigenvalue weighted by molar-refractivity contribution is 8.00. The van der Waals surface area contributed by atoms with E-state index in [4.69, 9.17) is 4.74 Å². The van der Waals surface area contributed by atoms with E-state index in [0.717, 1.165) is 17.5 Å². The van der Waals surface area contributed by atoms with E-state index >= 15 is 0 Å². The molecule has 1 N–H and O–H groups in total. The summed E-state index contributed by atoms with van der Waals surface area (Å²) in [5.74, 6) is 0.358. The highest BCUT2D eigenvalue weighted by Gasteiger charge is 2.27. The topological polar surface area (TPSA) is 92.4 Å². The van der Waals surface area contributed by atoms with Gasteiger partial charge in [-0.3, -0.25) is 14.4 Å². The molecule has 5 rings (SSSR count). The van der Waals surface area contributed by atoms with Crippen molar-refractivity contribution in [2.45, 2.75) is 30.7 Å². The van der Waals surface area contributed by atoms with Crippen molar-refractivity contribution in [1.82, 2.24) is 9.97 Å². The number of aromatic amines is 1. The maximum atomic E-state index is 13.2. The number of nitrogens with zero attached hydrogens (tertiary/aromatic N) is 2. The third-order valence-electron chi connectivity index (χ3n) is 5.80. The van der Waals surface area contributed by atoms with Gasteiger partial charge < -0.3 is 14.6 Å². The second-order valence-electron chi connectivity index (χ2n) is 8.21. The van der Waals surface area contributed by atoms with Crippen molar-refractivity contribution >= 4 is 50.7 Å². The first kappa shape index (κ1) is 23.3. The van der Waals surface area contributed by atoms with Crippen LogP contribution in [0.5, 0.6) is 5.75 Å². The van der Waals surface area contributed by atoms with Gasteiger partial charge >= 0.3 is 0 Å². The van der Waals surface area contributed by atoms with Crippen molar-refractivity contribution in [1.29, 1.82) is 0 Å². The van der Waals surface area contributed by atoms with Gasteiger partial charge in [0.1, 0.15) is 10.6 Å². The first-order chi connectivity index (χ1) is 17.0. The Labute approximate surface area is 210 Å². The number of amides is 1. The molecule has 1 aliphatic heterocycles. The first-order valence-corrected chi connectivity index (χ1v) is 13.1. The predicted molar refractivity (Wildman–Crippen MR) is 140 cm³/mol. The molecule has 1 aliphatic rings. The van der Waals surface area contributed by atoms with Gasteiger partial charge in [0, 0.05) is 23.1 Å². The third kappa shape index (κ3) is 4.49. The number of thioether (sulfide) groups is 1. The van der Waals surface area contributed by atoms with Gasteiger partial charge in [-0.1, -0.05) is 49.0 Å². The van der Waals surface area contributed by atoms with Gasteiger partial charge in [0.05, 0.1) is 16.3 Å². The van der Waals surface area contributed by atoms with Crippen molar-refractivity contribution in [3.63, 3.8) is 0 Å².